The summed E-state index contributed by atoms with van der Waals surface area (Å²) < 4.78 is 5.22. The van der Waals surface area contributed by atoms with Crippen molar-refractivity contribution < 1.29 is 4.74 Å². The van der Waals surface area contributed by atoms with Gasteiger partial charge in [0.25, 0.3) is 0 Å². The van der Waals surface area contributed by atoms with Crippen LogP contribution in [0.4, 0.5) is 0 Å². The van der Waals surface area contributed by atoms with Crippen molar-refractivity contribution in [3.05, 3.63) is 29.8 Å². The molecule has 1 saturated carbocycles. The highest BCUT2D eigenvalue weighted by Gasteiger charge is 2.24. The predicted molar refractivity (Wildman–Crippen MR) is 121 cm³/mol. The molecule has 4 nitrogen and oxygen atoms in total. The van der Waals surface area contributed by atoms with Gasteiger partial charge in [-0.15, -0.1) is 24.0 Å². The fraction of sp³-hybridized carbons (Fsp3) is 0.632. The Labute approximate surface area is 174 Å². The maximum atomic E-state index is 5.22. The summed E-state index contributed by atoms with van der Waals surface area (Å²) >= 11 is 1.98. The molecule has 6 heteroatoms. The zero-order valence-corrected chi connectivity index (χ0v) is 18.9. The van der Waals surface area contributed by atoms with Gasteiger partial charge in [0.1, 0.15) is 5.75 Å². The van der Waals surface area contributed by atoms with E-state index in [-0.39, 0.29) is 24.0 Å². The highest BCUT2D eigenvalue weighted by Crippen LogP contribution is 2.28. The first-order valence-corrected chi connectivity index (χ1v) is 10.1. The van der Waals surface area contributed by atoms with Crippen LogP contribution >= 0.6 is 35.7 Å². The van der Waals surface area contributed by atoms with E-state index < -0.39 is 0 Å². The summed E-state index contributed by atoms with van der Waals surface area (Å²) in [5, 5.41) is 7.83. The molecule has 1 fully saturated rings. The molecule has 0 spiro atoms. The molecule has 1 aromatic carbocycles. The third-order valence-electron chi connectivity index (χ3n) is 4.84. The third kappa shape index (κ3) is 7.25. The molecule has 142 valence electrons. The molecular formula is C19H32IN3OS. The van der Waals surface area contributed by atoms with Gasteiger partial charge in [0.05, 0.1) is 7.11 Å². The predicted octanol–water partition coefficient (Wildman–Crippen LogP) is 4.26. The van der Waals surface area contributed by atoms with Crippen molar-refractivity contribution in [2.45, 2.75) is 49.8 Å². The Kier molecular flexibility index (Phi) is 10.7. The average Bonchev–Trinajstić information content (AvgIpc) is 3.08. The zero-order chi connectivity index (χ0) is 17.4. The summed E-state index contributed by atoms with van der Waals surface area (Å²) in [5.74, 6) is 2.35. The number of rotatable bonds is 7. The van der Waals surface area contributed by atoms with Crippen LogP contribution in [0.15, 0.2) is 29.3 Å². The van der Waals surface area contributed by atoms with E-state index in [2.05, 4.69) is 40.9 Å². The smallest absolute Gasteiger partial charge is 0.191 e. The molecular weight excluding hydrogens is 445 g/mol. The van der Waals surface area contributed by atoms with Crippen LogP contribution in [-0.4, -0.2) is 44.2 Å². The van der Waals surface area contributed by atoms with Crippen LogP contribution in [0.1, 0.15) is 44.1 Å². The molecule has 0 aromatic heterocycles. The first kappa shape index (κ1) is 22.4. The molecule has 2 rings (SSSR count). The van der Waals surface area contributed by atoms with Crippen LogP contribution < -0.4 is 15.4 Å². The van der Waals surface area contributed by atoms with Crippen LogP contribution in [0.2, 0.25) is 0 Å². The molecule has 3 unspecified atom stereocenters. The molecule has 0 bridgehead atoms. The maximum absolute atomic E-state index is 5.22. The normalized spacial score (nSPS) is 21.4. The van der Waals surface area contributed by atoms with E-state index in [9.17, 15) is 0 Å². The van der Waals surface area contributed by atoms with Gasteiger partial charge in [0, 0.05) is 24.9 Å². The van der Waals surface area contributed by atoms with Gasteiger partial charge in [-0.25, -0.2) is 0 Å². The highest BCUT2D eigenvalue weighted by atomic mass is 127. The van der Waals surface area contributed by atoms with Crippen molar-refractivity contribution >= 4 is 41.7 Å². The van der Waals surface area contributed by atoms with E-state index in [1.807, 2.05) is 30.9 Å². The Morgan fingerprint density at radius 3 is 2.60 bits per heavy atom. The Bertz CT molecular complexity index is 524. The van der Waals surface area contributed by atoms with E-state index in [0.29, 0.717) is 12.0 Å². The zero-order valence-electron chi connectivity index (χ0n) is 15.7. The van der Waals surface area contributed by atoms with Crippen LogP contribution in [0.25, 0.3) is 0 Å². The lowest BCUT2D eigenvalue weighted by Gasteiger charge is -2.19. The van der Waals surface area contributed by atoms with Gasteiger partial charge in [0.15, 0.2) is 5.96 Å². The Hall–Kier alpha value is -0.630. The number of hydrogen-bond acceptors (Lipinski definition) is 3. The van der Waals surface area contributed by atoms with Gasteiger partial charge in [-0.3, -0.25) is 4.99 Å². The van der Waals surface area contributed by atoms with E-state index in [4.69, 9.17) is 4.74 Å². The number of nitrogens with zero attached hydrogens (tertiary/aromatic N) is 1. The minimum atomic E-state index is 0. The number of benzene rings is 1. The van der Waals surface area contributed by atoms with Crippen molar-refractivity contribution in [1.29, 1.82) is 0 Å². The van der Waals surface area contributed by atoms with E-state index in [1.54, 1.807) is 7.11 Å². The van der Waals surface area contributed by atoms with Crippen molar-refractivity contribution in [2.75, 3.05) is 27.0 Å². The van der Waals surface area contributed by atoms with Gasteiger partial charge in [0.2, 0.25) is 0 Å². The van der Waals surface area contributed by atoms with Gasteiger partial charge in [-0.1, -0.05) is 19.1 Å². The molecule has 0 radical (unpaired) electrons. The number of ether oxygens (including phenoxy) is 1. The van der Waals surface area contributed by atoms with E-state index in [1.165, 1.54) is 24.8 Å². The largest absolute Gasteiger partial charge is 0.497 e. The average molecular weight is 477 g/mol. The molecule has 0 aliphatic heterocycles. The van der Waals surface area contributed by atoms with Gasteiger partial charge in [-0.2, -0.15) is 11.8 Å². The van der Waals surface area contributed by atoms with Crippen LogP contribution in [-0.2, 0) is 0 Å². The second-order valence-electron chi connectivity index (χ2n) is 6.47. The molecule has 0 heterocycles. The van der Waals surface area contributed by atoms with Gasteiger partial charge < -0.3 is 15.4 Å². The van der Waals surface area contributed by atoms with Crippen molar-refractivity contribution in [3.63, 3.8) is 0 Å². The standard InChI is InChI=1S/C19H31N3OS.HI/c1-14(15-5-8-17(23-3)9-6-15)11-12-21-19(20-2)22-16-7-10-18(13-16)24-4;/h5-6,8-9,14,16,18H,7,10-13H2,1-4H3,(H2,20,21,22);1H. The summed E-state index contributed by atoms with van der Waals surface area (Å²) in [6.45, 7) is 3.19. The number of methoxy groups -OCH3 is 1. The molecule has 25 heavy (non-hydrogen) atoms. The molecule has 0 amide bonds. The fourth-order valence-corrected chi connectivity index (χ4v) is 3.98. The first-order chi connectivity index (χ1) is 11.7. The quantitative estimate of drug-likeness (QED) is 0.350. The lowest BCUT2D eigenvalue weighted by Crippen LogP contribution is -2.43. The van der Waals surface area contributed by atoms with Gasteiger partial charge in [-0.05, 0) is 55.6 Å². The number of aliphatic imine (C=N–C) groups is 1. The highest BCUT2D eigenvalue weighted by molar-refractivity contribution is 14.0. The summed E-state index contributed by atoms with van der Waals surface area (Å²) in [6, 6.07) is 8.92. The maximum Gasteiger partial charge on any atom is 0.191 e. The number of nitrogens with one attached hydrogen (secondary N) is 2. The Morgan fingerprint density at radius 1 is 1.32 bits per heavy atom. The molecule has 1 aromatic rings. The Morgan fingerprint density at radius 2 is 2.04 bits per heavy atom. The van der Waals surface area contributed by atoms with E-state index in [0.717, 1.165) is 29.9 Å². The van der Waals surface area contributed by atoms with Gasteiger partial charge >= 0.3 is 0 Å². The minimum absolute atomic E-state index is 0. The molecule has 2 N–H and O–H groups in total. The molecule has 3 atom stereocenters. The molecule has 0 saturated heterocycles. The van der Waals surface area contributed by atoms with Crippen LogP contribution in [0.5, 0.6) is 5.75 Å². The summed E-state index contributed by atoms with van der Waals surface area (Å²) in [5.41, 5.74) is 1.35. The van der Waals surface area contributed by atoms with Crippen LogP contribution in [0, 0.1) is 0 Å². The first-order valence-electron chi connectivity index (χ1n) is 8.80. The number of thioether (sulfide) groups is 1. The summed E-state index contributed by atoms with van der Waals surface area (Å²) in [6.07, 6.45) is 7.08. The van der Waals surface area contributed by atoms with Crippen molar-refractivity contribution in [3.8, 4) is 5.75 Å². The SMILES string of the molecule is CN=C(NCCC(C)c1ccc(OC)cc1)NC1CCC(SC)C1.I. The molecule has 1 aliphatic carbocycles. The van der Waals surface area contributed by atoms with Crippen LogP contribution in [0.3, 0.4) is 0 Å². The van der Waals surface area contributed by atoms with Crippen molar-refractivity contribution in [2.24, 2.45) is 4.99 Å². The summed E-state index contributed by atoms with van der Waals surface area (Å²) in [7, 11) is 3.55. The number of guanidine groups is 1. The molecule has 1 aliphatic rings. The topological polar surface area (TPSA) is 45.7 Å². The third-order valence-corrected chi connectivity index (χ3v) is 5.93. The monoisotopic (exact) mass is 477 g/mol. The minimum Gasteiger partial charge on any atom is -0.497 e. The van der Waals surface area contributed by atoms with Crippen molar-refractivity contribution in [1.82, 2.24) is 10.6 Å². The fourth-order valence-electron chi connectivity index (χ4n) is 3.18. The second-order valence-corrected chi connectivity index (χ2v) is 7.61. The number of hydrogen-bond donors (Lipinski definition) is 2. The lowest BCUT2D eigenvalue weighted by molar-refractivity contribution is 0.414. The van der Waals surface area contributed by atoms with E-state index >= 15 is 0 Å². The Balaban J connectivity index is 0.00000312. The second kappa shape index (κ2) is 11.9. The lowest BCUT2D eigenvalue weighted by atomic mass is 9.98. The number of halogens is 1. The summed E-state index contributed by atoms with van der Waals surface area (Å²) in [4.78, 5) is 4.37.